The fourth-order valence-corrected chi connectivity index (χ4v) is 3.39. The number of rotatable bonds is 3. The monoisotopic (exact) mass is 382 g/mol. The van der Waals surface area contributed by atoms with Crippen molar-refractivity contribution in [1.82, 2.24) is 4.90 Å². The molecule has 0 aromatic heterocycles. The van der Waals surface area contributed by atoms with Gasteiger partial charge in [0.25, 0.3) is 5.69 Å². The van der Waals surface area contributed by atoms with Crippen LogP contribution in [0, 0.1) is 10.1 Å². The fraction of sp³-hybridized carbons (Fsp3) is 0.381. The van der Waals surface area contributed by atoms with E-state index in [2.05, 4.69) is 31.0 Å². The summed E-state index contributed by atoms with van der Waals surface area (Å²) in [5.74, 6) is 0. The van der Waals surface area contributed by atoms with Crippen molar-refractivity contribution >= 4 is 23.1 Å². The van der Waals surface area contributed by atoms with E-state index in [-0.39, 0.29) is 17.1 Å². The number of hydrogen-bond acceptors (Lipinski definition) is 4. The molecule has 0 bridgehead atoms. The number of carbonyl (C=O) groups is 1. The van der Waals surface area contributed by atoms with Gasteiger partial charge in [-0.25, -0.2) is 4.79 Å². The fourth-order valence-electron chi connectivity index (χ4n) is 3.39. The lowest BCUT2D eigenvalue weighted by molar-refractivity contribution is -0.384. The first kappa shape index (κ1) is 19.7. The molecule has 28 heavy (non-hydrogen) atoms. The molecule has 1 aliphatic rings. The SMILES string of the molecule is CC(C)(C)c1ccccc1NC(=O)N1CCN(c2ccc([N+](=O)[O-])cc2)CC1. The second kappa shape index (κ2) is 7.88. The third kappa shape index (κ3) is 4.42. The molecule has 0 unspecified atom stereocenters. The molecule has 2 amide bonds. The molecule has 0 aliphatic carbocycles. The summed E-state index contributed by atoms with van der Waals surface area (Å²) in [4.78, 5) is 27.1. The van der Waals surface area contributed by atoms with Gasteiger partial charge < -0.3 is 15.1 Å². The predicted octanol–water partition coefficient (Wildman–Crippen LogP) is 4.25. The number of anilines is 2. The molecule has 7 nitrogen and oxygen atoms in total. The minimum atomic E-state index is -0.401. The van der Waals surface area contributed by atoms with Gasteiger partial charge in [0.1, 0.15) is 0 Å². The van der Waals surface area contributed by atoms with E-state index < -0.39 is 4.92 Å². The number of hydrogen-bond donors (Lipinski definition) is 1. The summed E-state index contributed by atoms with van der Waals surface area (Å²) in [6.45, 7) is 8.95. The standard InChI is InChI=1S/C21H26N4O3/c1-21(2,3)18-6-4-5-7-19(18)22-20(26)24-14-12-23(13-15-24)16-8-10-17(11-9-16)25(27)28/h4-11H,12-15H2,1-3H3,(H,22,26). The maximum atomic E-state index is 12.7. The third-order valence-electron chi connectivity index (χ3n) is 4.97. The van der Waals surface area contributed by atoms with Gasteiger partial charge in [0.05, 0.1) is 4.92 Å². The molecule has 1 fully saturated rings. The average molecular weight is 382 g/mol. The van der Waals surface area contributed by atoms with E-state index in [1.807, 2.05) is 24.3 Å². The van der Waals surface area contributed by atoms with Crippen molar-refractivity contribution in [3.8, 4) is 0 Å². The molecule has 0 saturated carbocycles. The van der Waals surface area contributed by atoms with Gasteiger partial charge in [-0.15, -0.1) is 0 Å². The highest BCUT2D eigenvalue weighted by Crippen LogP contribution is 2.29. The van der Waals surface area contributed by atoms with E-state index in [1.54, 1.807) is 17.0 Å². The van der Waals surface area contributed by atoms with Crippen LogP contribution in [0.15, 0.2) is 48.5 Å². The largest absolute Gasteiger partial charge is 0.368 e. The Hall–Kier alpha value is -3.09. The first-order chi connectivity index (χ1) is 13.3. The van der Waals surface area contributed by atoms with Crippen LogP contribution in [0.25, 0.3) is 0 Å². The minimum absolute atomic E-state index is 0.0571. The van der Waals surface area contributed by atoms with Crippen molar-refractivity contribution in [3.63, 3.8) is 0 Å². The lowest BCUT2D eigenvalue weighted by Crippen LogP contribution is -2.50. The Labute approximate surface area is 165 Å². The Morgan fingerprint density at radius 1 is 1.00 bits per heavy atom. The van der Waals surface area contributed by atoms with Crippen molar-refractivity contribution in [2.24, 2.45) is 0 Å². The number of urea groups is 1. The van der Waals surface area contributed by atoms with E-state index in [9.17, 15) is 14.9 Å². The molecule has 1 aliphatic heterocycles. The van der Waals surface area contributed by atoms with E-state index in [0.29, 0.717) is 26.2 Å². The molecule has 1 heterocycles. The van der Waals surface area contributed by atoms with Gasteiger partial charge in [0, 0.05) is 49.7 Å². The normalized spacial score (nSPS) is 14.7. The van der Waals surface area contributed by atoms with Crippen LogP contribution < -0.4 is 10.2 Å². The number of non-ortho nitro benzene ring substituents is 1. The number of para-hydroxylation sites is 1. The molecule has 1 saturated heterocycles. The van der Waals surface area contributed by atoms with E-state index in [1.165, 1.54) is 12.1 Å². The molecule has 0 atom stereocenters. The van der Waals surface area contributed by atoms with Gasteiger partial charge in [-0.2, -0.15) is 0 Å². The number of amides is 2. The zero-order valence-corrected chi connectivity index (χ0v) is 16.5. The van der Waals surface area contributed by atoms with E-state index in [0.717, 1.165) is 16.9 Å². The summed E-state index contributed by atoms with van der Waals surface area (Å²) in [6, 6.07) is 14.3. The van der Waals surface area contributed by atoms with Gasteiger partial charge in [0.15, 0.2) is 0 Å². The van der Waals surface area contributed by atoms with Crippen LogP contribution in [-0.4, -0.2) is 42.0 Å². The molecular weight excluding hydrogens is 356 g/mol. The number of piperazine rings is 1. The number of nitro groups is 1. The molecule has 1 N–H and O–H groups in total. The van der Waals surface area contributed by atoms with Crippen molar-refractivity contribution < 1.29 is 9.72 Å². The number of benzene rings is 2. The molecule has 2 aromatic rings. The molecule has 0 spiro atoms. The zero-order chi connectivity index (χ0) is 20.3. The lowest BCUT2D eigenvalue weighted by Gasteiger charge is -2.36. The summed E-state index contributed by atoms with van der Waals surface area (Å²) in [7, 11) is 0. The third-order valence-corrected chi connectivity index (χ3v) is 4.97. The van der Waals surface area contributed by atoms with Crippen LogP contribution in [0.2, 0.25) is 0 Å². The molecule has 148 valence electrons. The highest BCUT2D eigenvalue weighted by atomic mass is 16.6. The van der Waals surface area contributed by atoms with Gasteiger partial charge in [0.2, 0.25) is 0 Å². The summed E-state index contributed by atoms with van der Waals surface area (Å²) >= 11 is 0. The number of nitro benzene ring substituents is 1. The molecule has 0 radical (unpaired) electrons. The van der Waals surface area contributed by atoms with Crippen LogP contribution >= 0.6 is 0 Å². The second-order valence-corrected chi connectivity index (χ2v) is 7.97. The molecule has 7 heteroatoms. The quantitative estimate of drug-likeness (QED) is 0.636. The Bertz CT molecular complexity index is 851. The van der Waals surface area contributed by atoms with Crippen LogP contribution in [0.4, 0.5) is 21.9 Å². The topological polar surface area (TPSA) is 78.7 Å². The van der Waals surface area contributed by atoms with Crippen LogP contribution in [-0.2, 0) is 5.41 Å². The van der Waals surface area contributed by atoms with Crippen molar-refractivity contribution in [2.75, 3.05) is 36.4 Å². The first-order valence-electron chi connectivity index (χ1n) is 9.40. The number of carbonyl (C=O) groups excluding carboxylic acids is 1. The second-order valence-electron chi connectivity index (χ2n) is 7.97. The summed E-state index contributed by atoms with van der Waals surface area (Å²) in [6.07, 6.45) is 0. The Morgan fingerprint density at radius 3 is 2.18 bits per heavy atom. The Morgan fingerprint density at radius 2 is 1.61 bits per heavy atom. The zero-order valence-electron chi connectivity index (χ0n) is 16.5. The molecule has 3 rings (SSSR count). The van der Waals surface area contributed by atoms with E-state index in [4.69, 9.17) is 0 Å². The highest BCUT2D eigenvalue weighted by Gasteiger charge is 2.24. The first-order valence-corrected chi connectivity index (χ1v) is 9.40. The smallest absolute Gasteiger partial charge is 0.321 e. The Balaban J connectivity index is 1.61. The van der Waals surface area contributed by atoms with Crippen LogP contribution in [0.1, 0.15) is 26.3 Å². The summed E-state index contributed by atoms with van der Waals surface area (Å²) in [5.41, 5.74) is 2.91. The van der Waals surface area contributed by atoms with Gasteiger partial charge in [-0.1, -0.05) is 39.0 Å². The van der Waals surface area contributed by atoms with Gasteiger partial charge in [-0.3, -0.25) is 10.1 Å². The van der Waals surface area contributed by atoms with Gasteiger partial charge in [-0.05, 0) is 29.2 Å². The highest BCUT2D eigenvalue weighted by molar-refractivity contribution is 5.90. The summed E-state index contributed by atoms with van der Waals surface area (Å²) in [5, 5.41) is 13.8. The molecular formula is C21H26N4O3. The predicted molar refractivity (Wildman–Crippen MR) is 111 cm³/mol. The van der Waals surface area contributed by atoms with E-state index >= 15 is 0 Å². The maximum absolute atomic E-state index is 12.7. The van der Waals surface area contributed by atoms with Crippen LogP contribution in [0.5, 0.6) is 0 Å². The van der Waals surface area contributed by atoms with Crippen LogP contribution in [0.3, 0.4) is 0 Å². The van der Waals surface area contributed by atoms with Crippen molar-refractivity contribution in [2.45, 2.75) is 26.2 Å². The van der Waals surface area contributed by atoms with Crippen molar-refractivity contribution in [3.05, 3.63) is 64.2 Å². The maximum Gasteiger partial charge on any atom is 0.321 e. The molecule has 2 aromatic carbocycles. The summed E-state index contributed by atoms with van der Waals surface area (Å²) < 4.78 is 0. The van der Waals surface area contributed by atoms with Crippen molar-refractivity contribution in [1.29, 1.82) is 0 Å². The average Bonchev–Trinajstić information content (AvgIpc) is 2.68. The minimum Gasteiger partial charge on any atom is -0.368 e. The Kier molecular flexibility index (Phi) is 5.53. The lowest BCUT2D eigenvalue weighted by atomic mass is 9.86. The van der Waals surface area contributed by atoms with Gasteiger partial charge >= 0.3 is 6.03 Å². The number of nitrogens with one attached hydrogen (secondary N) is 1. The number of nitrogens with zero attached hydrogens (tertiary/aromatic N) is 3.